The Morgan fingerprint density at radius 1 is 1.15 bits per heavy atom. The van der Waals surface area contributed by atoms with Crippen molar-refractivity contribution >= 4 is 17.9 Å². The molecule has 2 amide bonds. The largest absolute Gasteiger partial charge is 0.441 e. The Kier molecular flexibility index (Phi) is 4.88. The van der Waals surface area contributed by atoms with Gasteiger partial charge < -0.3 is 19.9 Å². The van der Waals surface area contributed by atoms with E-state index >= 15 is 0 Å². The number of carbonyl (C=O) groups excluding carboxylic acids is 2. The van der Waals surface area contributed by atoms with Crippen LogP contribution < -0.4 is 10.2 Å². The predicted molar refractivity (Wildman–Crippen MR) is 99.8 cm³/mol. The maximum atomic E-state index is 13.0. The van der Waals surface area contributed by atoms with Gasteiger partial charge in [-0.05, 0) is 39.0 Å². The number of nitrogens with one attached hydrogen (secondary N) is 1. The Hall–Kier alpha value is -2.38. The average molecular weight is 373 g/mol. The van der Waals surface area contributed by atoms with Crippen LogP contribution in [0.25, 0.3) is 0 Å². The second-order valence-corrected chi connectivity index (χ2v) is 7.79. The van der Waals surface area contributed by atoms with Crippen LogP contribution in [0.15, 0.2) is 6.20 Å². The molecule has 1 aromatic heterocycles. The van der Waals surface area contributed by atoms with Gasteiger partial charge in [0.2, 0.25) is 5.95 Å². The molecule has 27 heavy (non-hydrogen) atoms. The first-order valence-electron chi connectivity index (χ1n) is 9.91. The van der Waals surface area contributed by atoms with Gasteiger partial charge in [-0.15, -0.1) is 0 Å². The highest BCUT2D eigenvalue weighted by Crippen LogP contribution is 2.30. The Balaban J connectivity index is 1.45. The summed E-state index contributed by atoms with van der Waals surface area (Å²) in [7, 11) is 0. The van der Waals surface area contributed by atoms with Crippen LogP contribution in [0.2, 0.25) is 0 Å². The summed E-state index contributed by atoms with van der Waals surface area (Å²) < 4.78 is 5.49. The maximum absolute atomic E-state index is 13.0. The quantitative estimate of drug-likeness (QED) is 0.852. The average Bonchev–Trinajstić information content (AvgIpc) is 2.92. The SMILES string of the molecule is Cc1nc(N2CCCCC2)ncc1C(=O)N1CCC[C@]2(CC1)CNC(=O)O2. The molecule has 1 aromatic rings. The minimum atomic E-state index is -0.463. The third kappa shape index (κ3) is 3.70. The van der Waals surface area contributed by atoms with Crippen LogP contribution in [0.1, 0.15) is 54.6 Å². The fourth-order valence-electron chi connectivity index (χ4n) is 4.23. The van der Waals surface area contributed by atoms with Gasteiger partial charge >= 0.3 is 6.09 Å². The van der Waals surface area contributed by atoms with E-state index in [4.69, 9.17) is 4.74 Å². The van der Waals surface area contributed by atoms with Gasteiger partial charge in [0.15, 0.2) is 0 Å². The summed E-state index contributed by atoms with van der Waals surface area (Å²) in [5.41, 5.74) is 0.826. The molecule has 4 heterocycles. The molecule has 4 rings (SSSR count). The van der Waals surface area contributed by atoms with Gasteiger partial charge in [0.25, 0.3) is 5.91 Å². The first-order valence-corrected chi connectivity index (χ1v) is 9.91. The zero-order valence-electron chi connectivity index (χ0n) is 15.9. The van der Waals surface area contributed by atoms with Crippen molar-refractivity contribution in [3.8, 4) is 0 Å². The molecule has 3 fully saturated rings. The molecule has 0 unspecified atom stereocenters. The molecule has 0 saturated carbocycles. The second kappa shape index (κ2) is 7.32. The second-order valence-electron chi connectivity index (χ2n) is 7.79. The number of hydrogen-bond acceptors (Lipinski definition) is 6. The van der Waals surface area contributed by atoms with Gasteiger partial charge in [-0.1, -0.05) is 0 Å². The number of anilines is 1. The number of aromatic nitrogens is 2. The van der Waals surface area contributed by atoms with Crippen molar-refractivity contribution in [3.63, 3.8) is 0 Å². The van der Waals surface area contributed by atoms with Gasteiger partial charge in [-0.3, -0.25) is 4.79 Å². The standard InChI is InChI=1S/C19H27N5O3/c1-14-15(12-20-17(22-14)24-8-3-2-4-9-24)16(25)23-10-5-6-19(7-11-23)13-21-18(26)27-19/h12H,2-11,13H2,1H3,(H,21,26)/t19-/m0/s1. The van der Waals surface area contributed by atoms with E-state index in [-0.39, 0.29) is 12.0 Å². The summed E-state index contributed by atoms with van der Waals surface area (Å²) in [5.74, 6) is 0.689. The van der Waals surface area contributed by atoms with Crippen LogP contribution >= 0.6 is 0 Å². The van der Waals surface area contributed by atoms with E-state index < -0.39 is 5.60 Å². The topological polar surface area (TPSA) is 87.7 Å². The predicted octanol–water partition coefficient (Wildman–Crippen LogP) is 1.88. The molecule has 0 radical (unpaired) electrons. The van der Waals surface area contributed by atoms with Gasteiger partial charge in [0.1, 0.15) is 5.60 Å². The Bertz CT molecular complexity index is 734. The molecule has 146 valence electrons. The van der Waals surface area contributed by atoms with Gasteiger partial charge in [0, 0.05) is 38.8 Å². The molecule has 0 bridgehead atoms. The highest BCUT2D eigenvalue weighted by Gasteiger charge is 2.42. The van der Waals surface area contributed by atoms with Gasteiger partial charge in [0.05, 0.1) is 17.8 Å². The molecule has 0 aromatic carbocycles. The van der Waals surface area contributed by atoms with Crippen LogP contribution in [0, 0.1) is 6.92 Å². The van der Waals surface area contributed by atoms with Crippen molar-refractivity contribution in [2.24, 2.45) is 0 Å². The number of amides is 2. The Morgan fingerprint density at radius 3 is 2.67 bits per heavy atom. The summed E-state index contributed by atoms with van der Waals surface area (Å²) in [6.45, 7) is 5.60. The number of likely N-dealkylation sites (tertiary alicyclic amines) is 1. The molecule has 1 spiro atoms. The fourth-order valence-corrected chi connectivity index (χ4v) is 4.23. The lowest BCUT2D eigenvalue weighted by Crippen LogP contribution is -2.37. The van der Waals surface area contributed by atoms with Gasteiger partial charge in [-0.2, -0.15) is 0 Å². The Labute approximate surface area is 159 Å². The summed E-state index contributed by atoms with van der Waals surface area (Å²) in [5, 5.41) is 2.74. The zero-order chi connectivity index (χ0) is 18.9. The van der Waals surface area contributed by atoms with E-state index in [0.717, 1.165) is 50.4 Å². The summed E-state index contributed by atoms with van der Waals surface area (Å²) in [6.07, 6.45) is 7.15. The highest BCUT2D eigenvalue weighted by molar-refractivity contribution is 5.95. The number of rotatable bonds is 2. The molecule has 3 aliphatic heterocycles. The number of aryl methyl sites for hydroxylation is 1. The van der Waals surface area contributed by atoms with Crippen molar-refractivity contribution in [2.45, 2.75) is 51.0 Å². The van der Waals surface area contributed by atoms with Crippen molar-refractivity contribution in [1.29, 1.82) is 0 Å². The van der Waals surface area contributed by atoms with E-state index in [1.54, 1.807) is 6.20 Å². The third-order valence-corrected chi connectivity index (χ3v) is 5.88. The summed E-state index contributed by atoms with van der Waals surface area (Å²) in [4.78, 5) is 37.6. The lowest BCUT2D eigenvalue weighted by molar-refractivity contribution is 0.0438. The minimum Gasteiger partial charge on any atom is -0.441 e. The molecule has 3 aliphatic rings. The number of ether oxygens (including phenoxy) is 1. The van der Waals surface area contributed by atoms with Crippen LogP contribution in [-0.2, 0) is 4.74 Å². The molecule has 8 heteroatoms. The first kappa shape index (κ1) is 18.0. The van der Waals surface area contributed by atoms with E-state index in [2.05, 4.69) is 20.2 Å². The zero-order valence-corrected chi connectivity index (χ0v) is 15.9. The van der Waals surface area contributed by atoms with E-state index in [1.807, 2.05) is 11.8 Å². The van der Waals surface area contributed by atoms with Crippen LogP contribution in [0.5, 0.6) is 0 Å². The number of hydrogen-bond donors (Lipinski definition) is 1. The van der Waals surface area contributed by atoms with Crippen LogP contribution in [-0.4, -0.2) is 65.2 Å². The highest BCUT2D eigenvalue weighted by atomic mass is 16.6. The molecule has 1 N–H and O–H groups in total. The number of alkyl carbamates (subject to hydrolysis) is 1. The van der Waals surface area contributed by atoms with E-state index in [0.29, 0.717) is 31.6 Å². The number of nitrogens with zero attached hydrogens (tertiary/aromatic N) is 4. The molecular weight excluding hydrogens is 346 g/mol. The lowest BCUT2D eigenvalue weighted by atomic mass is 9.95. The van der Waals surface area contributed by atoms with E-state index in [9.17, 15) is 9.59 Å². The molecular formula is C19H27N5O3. The first-order chi connectivity index (χ1) is 13.1. The van der Waals surface area contributed by atoms with Crippen LogP contribution in [0.4, 0.5) is 10.7 Å². The monoisotopic (exact) mass is 373 g/mol. The van der Waals surface area contributed by atoms with Crippen molar-refractivity contribution < 1.29 is 14.3 Å². The number of piperidine rings is 1. The lowest BCUT2D eigenvalue weighted by Gasteiger charge is -2.27. The summed E-state index contributed by atoms with van der Waals surface area (Å²) >= 11 is 0. The van der Waals surface area contributed by atoms with Crippen molar-refractivity contribution in [2.75, 3.05) is 37.6 Å². The smallest absolute Gasteiger partial charge is 0.407 e. The van der Waals surface area contributed by atoms with Gasteiger partial charge in [-0.25, -0.2) is 14.8 Å². The minimum absolute atomic E-state index is 0.0352. The van der Waals surface area contributed by atoms with E-state index in [1.165, 1.54) is 6.42 Å². The van der Waals surface area contributed by atoms with Crippen molar-refractivity contribution in [1.82, 2.24) is 20.2 Å². The third-order valence-electron chi connectivity index (χ3n) is 5.88. The number of carbonyl (C=O) groups is 2. The molecule has 1 atom stereocenters. The van der Waals surface area contributed by atoms with Crippen molar-refractivity contribution in [3.05, 3.63) is 17.5 Å². The van der Waals surface area contributed by atoms with Crippen LogP contribution in [0.3, 0.4) is 0 Å². The fraction of sp³-hybridized carbons (Fsp3) is 0.684. The molecule has 3 saturated heterocycles. The Morgan fingerprint density at radius 2 is 1.96 bits per heavy atom. The normalized spacial score (nSPS) is 25.9. The summed E-state index contributed by atoms with van der Waals surface area (Å²) in [6, 6.07) is 0. The molecule has 0 aliphatic carbocycles. The molecule has 8 nitrogen and oxygen atoms in total. The maximum Gasteiger partial charge on any atom is 0.407 e.